The lowest BCUT2D eigenvalue weighted by Gasteiger charge is -2.29. The summed E-state index contributed by atoms with van der Waals surface area (Å²) < 4.78 is 5.77. The van der Waals surface area contributed by atoms with Crippen molar-refractivity contribution in [1.82, 2.24) is 15.3 Å². The van der Waals surface area contributed by atoms with E-state index in [4.69, 9.17) is 4.74 Å². The van der Waals surface area contributed by atoms with Gasteiger partial charge in [0.05, 0.1) is 5.69 Å². The highest BCUT2D eigenvalue weighted by molar-refractivity contribution is 5.06. The summed E-state index contributed by atoms with van der Waals surface area (Å²) in [5, 5.41) is 3.48. The van der Waals surface area contributed by atoms with Gasteiger partial charge in [0.1, 0.15) is 11.9 Å². The molecule has 88 valence electrons. The summed E-state index contributed by atoms with van der Waals surface area (Å²) in [6, 6.07) is 2.51. The molecule has 0 bridgehead atoms. The first-order valence-corrected chi connectivity index (χ1v) is 5.94. The molecule has 1 fully saturated rings. The molecule has 0 saturated carbocycles. The van der Waals surface area contributed by atoms with E-state index in [1.807, 2.05) is 13.0 Å². The van der Waals surface area contributed by atoms with E-state index in [0.717, 1.165) is 37.5 Å². The second-order valence-electron chi connectivity index (χ2n) is 4.17. The number of rotatable bonds is 3. The van der Waals surface area contributed by atoms with E-state index in [0.29, 0.717) is 6.04 Å². The fraction of sp³-hybridized carbons (Fsp3) is 0.667. The number of ether oxygens (including phenoxy) is 1. The normalized spacial score (nSPS) is 25.6. The maximum absolute atomic E-state index is 5.77. The van der Waals surface area contributed by atoms with Crippen LogP contribution in [0.4, 0.5) is 0 Å². The van der Waals surface area contributed by atoms with Crippen molar-refractivity contribution in [2.24, 2.45) is 0 Å². The van der Waals surface area contributed by atoms with E-state index < -0.39 is 0 Å². The average Bonchev–Trinajstić information content (AvgIpc) is 2.30. The molecule has 1 aliphatic heterocycles. The van der Waals surface area contributed by atoms with Crippen molar-refractivity contribution < 1.29 is 4.74 Å². The first kappa shape index (κ1) is 11.5. The van der Waals surface area contributed by atoms with Gasteiger partial charge in [-0.15, -0.1) is 0 Å². The molecule has 0 aromatic carbocycles. The number of nitrogens with one attached hydrogen (secondary N) is 1. The van der Waals surface area contributed by atoms with Gasteiger partial charge in [0.15, 0.2) is 0 Å². The fourth-order valence-corrected chi connectivity index (χ4v) is 2.13. The monoisotopic (exact) mass is 221 g/mol. The Morgan fingerprint density at radius 1 is 1.56 bits per heavy atom. The van der Waals surface area contributed by atoms with Crippen LogP contribution in [0.3, 0.4) is 0 Å². The first-order chi connectivity index (χ1) is 7.79. The topological polar surface area (TPSA) is 47.0 Å². The smallest absolute Gasteiger partial charge is 0.125 e. The Kier molecular flexibility index (Phi) is 3.85. The van der Waals surface area contributed by atoms with E-state index in [1.54, 1.807) is 6.20 Å². The summed E-state index contributed by atoms with van der Waals surface area (Å²) in [7, 11) is 0. The minimum atomic E-state index is 0.125. The van der Waals surface area contributed by atoms with E-state index in [-0.39, 0.29) is 6.10 Å². The lowest BCUT2D eigenvalue weighted by Crippen LogP contribution is -2.36. The number of hydrogen-bond donors (Lipinski definition) is 1. The summed E-state index contributed by atoms with van der Waals surface area (Å²) in [5.74, 6) is 0.812. The van der Waals surface area contributed by atoms with Gasteiger partial charge in [0.25, 0.3) is 0 Å². The molecule has 1 saturated heterocycles. The highest BCUT2D eigenvalue weighted by Gasteiger charge is 2.24. The molecular formula is C12H19N3O. The summed E-state index contributed by atoms with van der Waals surface area (Å²) in [6.07, 6.45) is 4.02. The van der Waals surface area contributed by atoms with Gasteiger partial charge in [-0.2, -0.15) is 0 Å². The van der Waals surface area contributed by atoms with Gasteiger partial charge < -0.3 is 10.1 Å². The highest BCUT2D eigenvalue weighted by Crippen LogP contribution is 2.26. The Morgan fingerprint density at radius 2 is 2.44 bits per heavy atom. The Labute approximate surface area is 96.4 Å². The van der Waals surface area contributed by atoms with E-state index >= 15 is 0 Å². The van der Waals surface area contributed by atoms with Crippen LogP contribution in [0.1, 0.15) is 37.4 Å². The molecule has 1 aliphatic rings. The zero-order chi connectivity index (χ0) is 11.4. The van der Waals surface area contributed by atoms with Gasteiger partial charge in [0.2, 0.25) is 0 Å². The molecule has 2 unspecified atom stereocenters. The van der Waals surface area contributed by atoms with E-state index in [9.17, 15) is 0 Å². The minimum absolute atomic E-state index is 0.125. The highest BCUT2D eigenvalue weighted by atomic mass is 16.5. The number of aryl methyl sites for hydroxylation is 1. The Morgan fingerprint density at radius 3 is 3.19 bits per heavy atom. The molecule has 0 radical (unpaired) electrons. The lowest BCUT2D eigenvalue weighted by molar-refractivity contribution is -0.00204. The number of hydrogen-bond acceptors (Lipinski definition) is 4. The van der Waals surface area contributed by atoms with Crippen LogP contribution < -0.4 is 5.32 Å². The van der Waals surface area contributed by atoms with Crippen LogP contribution in [-0.2, 0) is 4.74 Å². The van der Waals surface area contributed by atoms with Gasteiger partial charge in [-0.25, -0.2) is 9.97 Å². The SMILES string of the molecule is CCNC1CCOC(c2ccnc(C)n2)C1. The molecule has 2 rings (SSSR count). The molecule has 1 N–H and O–H groups in total. The molecule has 2 heterocycles. The van der Waals surface area contributed by atoms with Crippen LogP contribution in [-0.4, -0.2) is 29.2 Å². The van der Waals surface area contributed by atoms with Crippen LogP contribution >= 0.6 is 0 Å². The van der Waals surface area contributed by atoms with Crippen LogP contribution in [0.5, 0.6) is 0 Å². The van der Waals surface area contributed by atoms with Crippen molar-refractivity contribution >= 4 is 0 Å². The van der Waals surface area contributed by atoms with Crippen LogP contribution in [0.2, 0.25) is 0 Å². The van der Waals surface area contributed by atoms with Crippen LogP contribution in [0.25, 0.3) is 0 Å². The Hall–Kier alpha value is -1.00. The van der Waals surface area contributed by atoms with Gasteiger partial charge in [0, 0.05) is 18.8 Å². The Bertz CT molecular complexity index is 341. The molecule has 4 nitrogen and oxygen atoms in total. The molecule has 1 aromatic heterocycles. The molecular weight excluding hydrogens is 202 g/mol. The third kappa shape index (κ3) is 2.77. The first-order valence-electron chi connectivity index (χ1n) is 5.94. The van der Waals surface area contributed by atoms with Gasteiger partial charge >= 0.3 is 0 Å². The number of aromatic nitrogens is 2. The maximum Gasteiger partial charge on any atom is 0.125 e. The largest absolute Gasteiger partial charge is 0.372 e. The lowest BCUT2D eigenvalue weighted by atomic mass is 10.0. The second-order valence-corrected chi connectivity index (χ2v) is 4.17. The predicted molar refractivity (Wildman–Crippen MR) is 62.2 cm³/mol. The molecule has 1 aromatic rings. The third-order valence-corrected chi connectivity index (χ3v) is 2.90. The van der Waals surface area contributed by atoms with E-state index in [1.165, 1.54) is 0 Å². The zero-order valence-electron chi connectivity index (χ0n) is 9.94. The van der Waals surface area contributed by atoms with Crippen LogP contribution in [0.15, 0.2) is 12.3 Å². The molecule has 2 atom stereocenters. The number of nitrogens with zero attached hydrogens (tertiary/aromatic N) is 2. The summed E-state index contributed by atoms with van der Waals surface area (Å²) >= 11 is 0. The quantitative estimate of drug-likeness (QED) is 0.842. The van der Waals surface area contributed by atoms with Crippen molar-refractivity contribution in [1.29, 1.82) is 0 Å². The zero-order valence-corrected chi connectivity index (χ0v) is 9.94. The van der Waals surface area contributed by atoms with Gasteiger partial charge in [-0.1, -0.05) is 6.92 Å². The molecule has 0 spiro atoms. The minimum Gasteiger partial charge on any atom is -0.372 e. The third-order valence-electron chi connectivity index (χ3n) is 2.90. The van der Waals surface area contributed by atoms with Gasteiger partial charge in [-0.05, 0) is 32.4 Å². The van der Waals surface area contributed by atoms with E-state index in [2.05, 4.69) is 22.2 Å². The van der Waals surface area contributed by atoms with Crippen molar-refractivity contribution in [2.45, 2.75) is 38.8 Å². The van der Waals surface area contributed by atoms with Gasteiger partial charge in [-0.3, -0.25) is 0 Å². The van der Waals surface area contributed by atoms with Crippen LogP contribution in [0, 0.1) is 6.92 Å². The average molecular weight is 221 g/mol. The summed E-state index contributed by atoms with van der Waals surface area (Å²) in [4.78, 5) is 8.54. The maximum atomic E-state index is 5.77. The van der Waals surface area contributed by atoms with Crippen molar-refractivity contribution in [3.63, 3.8) is 0 Å². The molecule has 0 amide bonds. The van der Waals surface area contributed by atoms with Crippen molar-refractivity contribution in [3.8, 4) is 0 Å². The van der Waals surface area contributed by atoms with Crippen molar-refractivity contribution in [3.05, 3.63) is 23.8 Å². The molecule has 4 heteroatoms. The molecule has 0 aliphatic carbocycles. The standard InChI is InChI=1S/C12H19N3O/c1-3-13-10-5-7-16-12(8-10)11-4-6-14-9(2)15-11/h4,6,10,12-13H,3,5,7-8H2,1-2H3. The fourth-order valence-electron chi connectivity index (χ4n) is 2.13. The predicted octanol–water partition coefficient (Wildman–Crippen LogP) is 1.61. The summed E-state index contributed by atoms with van der Waals surface area (Å²) in [6.45, 7) is 5.87. The molecule has 16 heavy (non-hydrogen) atoms. The van der Waals surface area contributed by atoms with Crippen molar-refractivity contribution in [2.75, 3.05) is 13.2 Å². The second kappa shape index (κ2) is 5.37. The Balaban J connectivity index is 2.03. The summed E-state index contributed by atoms with van der Waals surface area (Å²) in [5.41, 5.74) is 1.01.